The zero-order valence-electron chi connectivity index (χ0n) is 13.6. The summed E-state index contributed by atoms with van der Waals surface area (Å²) < 4.78 is 30.4. The van der Waals surface area contributed by atoms with Crippen LogP contribution in [0.15, 0.2) is 24.3 Å². The Labute approximate surface area is 137 Å². The van der Waals surface area contributed by atoms with Crippen molar-refractivity contribution in [3.05, 3.63) is 29.8 Å². The van der Waals surface area contributed by atoms with Crippen LogP contribution in [0.1, 0.15) is 24.8 Å². The Morgan fingerprint density at radius 2 is 2.17 bits per heavy atom. The van der Waals surface area contributed by atoms with Gasteiger partial charge in [0, 0.05) is 6.54 Å². The lowest BCUT2D eigenvalue weighted by Gasteiger charge is -2.32. The summed E-state index contributed by atoms with van der Waals surface area (Å²) in [5.41, 5.74) is 1.11. The van der Waals surface area contributed by atoms with Gasteiger partial charge in [0.25, 0.3) is 0 Å². The van der Waals surface area contributed by atoms with Gasteiger partial charge in [0.1, 0.15) is 18.4 Å². The number of hydrogen-bond donors (Lipinski definition) is 1. The van der Waals surface area contributed by atoms with E-state index in [1.807, 2.05) is 31.2 Å². The molecule has 0 spiro atoms. The van der Waals surface area contributed by atoms with Crippen LogP contribution in [-0.4, -0.2) is 50.6 Å². The highest BCUT2D eigenvalue weighted by molar-refractivity contribution is 7.88. The van der Waals surface area contributed by atoms with Gasteiger partial charge in [-0.05, 0) is 37.5 Å². The van der Waals surface area contributed by atoms with Crippen LogP contribution < -0.4 is 10.1 Å². The first kappa shape index (κ1) is 17.7. The number of hydrogen-bond acceptors (Lipinski definition) is 4. The molecule has 0 bridgehead atoms. The Balaban J connectivity index is 1.81. The van der Waals surface area contributed by atoms with E-state index in [1.165, 1.54) is 4.31 Å². The van der Waals surface area contributed by atoms with Crippen LogP contribution in [0.3, 0.4) is 0 Å². The smallest absolute Gasteiger partial charge is 0.238 e. The molecule has 23 heavy (non-hydrogen) atoms. The van der Waals surface area contributed by atoms with Gasteiger partial charge >= 0.3 is 0 Å². The van der Waals surface area contributed by atoms with Crippen LogP contribution in [0.4, 0.5) is 0 Å². The van der Waals surface area contributed by atoms with Crippen molar-refractivity contribution in [2.24, 2.45) is 0 Å². The predicted molar refractivity (Wildman–Crippen MR) is 88.9 cm³/mol. The molecule has 0 saturated carbocycles. The topological polar surface area (TPSA) is 75.7 Å². The second-order valence-electron chi connectivity index (χ2n) is 5.84. The molecule has 1 aliphatic rings. The van der Waals surface area contributed by atoms with Gasteiger partial charge < -0.3 is 10.1 Å². The molecule has 1 saturated heterocycles. The number of benzene rings is 1. The standard InChI is InChI=1S/C16H24N2O4S/c1-13-6-5-7-14(12-13)22-11-9-17-16(19)15-8-3-4-10-18(15)23(2,20)21/h5-7,12,15H,3-4,8-11H2,1-2H3,(H,17,19). The second kappa shape index (κ2) is 7.79. The Morgan fingerprint density at radius 1 is 1.39 bits per heavy atom. The van der Waals surface area contributed by atoms with E-state index >= 15 is 0 Å². The number of ether oxygens (including phenoxy) is 1. The molecular weight excluding hydrogens is 316 g/mol. The average molecular weight is 340 g/mol. The highest BCUT2D eigenvalue weighted by atomic mass is 32.2. The monoisotopic (exact) mass is 340 g/mol. The number of nitrogens with zero attached hydrogens (tertiary/aromatic N) is 1. The molecule has 1 unspecified atom stereocenters. The maximum absolute atomic E-state index is 12.2. The first-order chi connectivity index (χ1) is 10.9. The van der Waals surface area contributed by atoms with Gasteiger partial charge in [-0.1, -0.05) is 18.6 Å². The summed E-state index contributed by atoms with van der Waals surface area (Å²) in [5, 5.41) is 2.77. The lowest BCUT2D eigenvalue weighted by Crippen LogP contribution is -2.52. The van der Waals surface area contributed by atoms with Crippen LogP contribution in [0, 0.1) is 6.92 Å². The van der Waals surface area contributed by atoms with E-state index in [9.17, 15) is 13.2 Å². The first-order valence-corrected chi connectivity index (χ1v) is 9.67. The molecule has 1 aliphatic heterocycles. The van der Waals surface area contributed by atoms with E-state index in [2.05, 4.69) is 5.32 Å². The quantitative estimate of drug-likeness (QED) is 0.792. The molecule has 6 nitrogen and oxygen atoms in total. The molecule has 1 aromatic carbocycles. The number of piperidine rings is 1. The number of sulfonamides is 1. The number of aryl methyl sites for hydroxylation is 1. The van der Waals surface area contributed by atoms with Crippen LogP contribution >= 0.6 is 0 Å². The van der Waals surface area contributed by atoms with Crippen molar-refractivity contribution in [3.63, 3.8) is 0 Å². The van der Waals surface area contributed by atoms with E-state index < -0.39 is 16.1 Å². The van der Waals surface area contributed by atoms with Crippen molar-refractivity contribution in [2.45, 2.75) is 32.2 Å². The summed E-state index contributed by atoms with van der Waals surface area (Å²) in [4.78, 5) is 12.2. The number of carbonyl (C=O) groups is 1. The third kappa shape index (κ3) is 5.21. The maximum Gasteiger partial charge on any atom is 0.238 e. The third-order valence-corrected chi connectivity index (χ3v) is 5.13. The normalized spacial score (nSPS) is 19.3. The lowest BCUT2D eigenvalue weighted by atomic mass is 10.0. The highest BCUT2D eigenvalue weighted by Gasteiger charge is 2.34. The Morgan fingerprint density at radius 3 is 2.87 bits per heavy atom. The van der Waals surface area contributed by atoms with Gasteiger partial charge in [0.15, 0.2) is 0 Å². The van der Waals surface area contributed by atoms with Crippen molar-refractivity contribution < 1.29 is 17.9 Å². The van der Waals surface area contributed by atoms with E-state index in [-0.39, 0.29) is 5.91 Å². The van der Waals surface area contributed by atoms with E-state index in [4.69, 9.17) is 4.74 Å². The Bertz CT molecular complexity index is 645. The van der Waals surface area contributed by atoms with Crippen LogP contribution in [0.5, 0.6) is 5.75 Å². The van der Waals surface area contributed by atoms with Crippen molar-refractivity contribution >= 4 is 15.9 Å². The van der Waals surface area contributed by atoms with E-state index in [0.717, 1.165) is 30.4 Å². The van der Waals surface area contributed by atoms with E-state index in [1.54, 1.807) is 0 Å². The molecule has 1 N–H and O–H groups in total. The molecule has 1 fully saturated rings. The molecule has 2 rings (SSSR count). The fourth-order valence-corrected chi connectivity index (χ4v) is 3.85. The van der Waals surface area contributed by atoms with Crippen molar-refractivity contribution in [3.8, 4) is 5.75 Å². The van der Waals surface area contributed by atoms with Gasteiger partial charge in [0.2, 0.25) is 15.9 Å². The average Bonchev–Trinajstić information content (AvgIpc) is 2.50. The minimum atomic E-state index is -3.36. The molecule has 1 aromatic rings. The summed E-state index contributed by atoms with van der Waals surface area (Å²) in [6.07, 6.45) is 3.38. The molecule has 0 aromatic heterocycles. The second-order valence-corrected chi connectivity index (χ2v) is 7.78. The lowest BCUT2D eigenvalue weighted by molar-refractivity contribution is -0.125. The zero-order chi connectivity index (χ0) is 16.9. The summed E-state index contributed by atoms with van der Waals surface area (Å²) >= 11 is 0. The molecule has 7 heteroatoms. The predicted octanol–water partition coefficient (Wildman–Crippen LogP) is 1.30. The number of amides is 1. The van der Waals surface area contributed by atoms with Crippen LogP contribution in [-0.2, 0) is 14.8 Å². The van der Waals surface area contributed by atoms with Gasteiger partial charge in [-0.2, -0.15) is 4.31 Å². The summed E-state index contributed by atoms with van der Waals surface area (Å²) in [6.45, 7) is 3.09. The van der Waals surface area contributed by atoms with Gasteiger partial charge in [0.05, 0.1) is 12.8 Å². The molecule has 0 radical (unpaired) electrons. The largest absolute Gasteiger partial charge is 0.492 e. The number of carbonyl (C=O) groups excluding carboxylic acids is 1. The van der Waals surface area contributed by atoms with Crippen molar-refractivity contribution in [1.29, 1.82) is 0 Å². The minimum absolute atomic E-state index is 0.247. The summed E-state index contributed by atoms with van der Waals surface area (Å²) in [7, 11) is -3.36. The highest BCUT2D eigenvalue weighted by Crippen LogP contribution is 2.20. The molecule has 1 atom stereocenters. The number of nitrogens with one attached hydrogen (secondary N) is 1. The molecular formula is C16H24N2O4S. The molecule has 1 amide bonds. The van der Waals surface area contributed by atoms with Gasteiger partial charge in [-0.15, -0.1) is 0 Å². The zero-order valence-corrected chi connectivity index (χ0v) is 14.4. The van der Waals surface area contributed by atoms with Crippen molar-refractivity contribution in [1.82, 2.24) is 9.62 Å². The Hall–Kier alpha value is -1.60. The Kier molecular flexibility index (Phi) is 6.01. The fraction of sp³-hybridized carbons (Fsp3) is 0.562. The molecule has 1 heterocycles. The summed E-state index contributed by atoms with van der Waals surface area (Å²) in [6, 6.07) is 7.08. The molecule has 0 aliphatic carbocycles. The fourth-order valence-electron chi connectivity index (χ4n) is 2.73. The van der Waals surface area contributed by atoms with Crippen molar-refractivity contribution in [2.75, 3.05) is 26.0 Å². The third-order valence-electron chi connectivity index (χ3n) is 3.84. The number of rotatable bonds is 6. The van der Waals surface area contributed by atoms with E-state index in [0.29, 0.717) is 26.1 Å². The van der Waals surface area contributed by atoms with Gasteiger partial charge in [-0.25, -0.2) is 8.42 Å². The SMILES string of the molecule is Cc1cccc(OCCNC(=O)C2CCCCN2S(C)(=O)=O)c1. The van der Waals surface area contributed by atoms with Crippen LogP contribution in [0.25, 0.3) is 0 Å². The van der Waals surface area contributed by atoms with Crippen LogP contribution in [0.2, 0.25) is 0 Å². The minimum Gasteiger partial charge on any atom is -0.492 e. The maximum atomic E-state index is 12.2. The van der Waals surface area contributed by atoms with Gasteiger partial charge in [-0.3, -0.25) is 4.79 Å². The summed E-state index contributed by atoms with van der Waals surface area (Å²) in [5.74, 6) is 0.512. The first-order valence-electron chi connectivity index (χ1n) is 7.82. The molecule has 128 valence electrons.